The van der Waals surface area contributed by atoms with Gasteiger partial charge in [0.25, 0.3) is 5.91 Å². The van der Waals surface area contributed by atoms with Gasteiger partial charge >= 0.3 is 5.97 Å². The Morgan fingerprint density at radius 1 is 1.35 bits per heavy atom. The van der Waals surface area contributed by atoms with Gasteiger partial charge in [-0.05, 0) is 37.1 Å². The number of fused-ring (bicyclic) bond motifs is 1. The Morgan fingerprint density at radius 2 is 2.20 bits per heavy atom. The highest BCUT2D eigenvalue weighted by molar-refractivity contribution is 5.98. The van der Waals surface area contributed by atoms with E-state index in [1.807, 2.05) is 24.4 Å². The van der Waals surface area contributed by atoms with Gasteiger partial charge in [-0.3, -0.25) is 9.59 Å². The van der Waals surface area contributed by atoms with Crippen LogP contribution in [-0.2, 0) is 4.79 Å². The Bertz CT molecular complexity index is 662. The number of benzene rings is 1. The summed E-state index contributed by atoms with van der Waals surface area (Å²) in [6.07, 6.45) is 3.50. The third-order valence-corrected chi connectivity index (χ3v) is 3.85. The molecule has 0 spiro atoms. The van der Waals surface area contributed by atoms with Crippen LogP contribution in [0.1, 0.15) is 29.6 Å². The van der Waals surface area contributed by atoms with Crippen LogP contribution in [0.2, 0.25) is 0 Å². The molecule has 1 atom stereocenters. The maximum absolute atomic E-state index is 12.5. The molecule has 0 aliphatic carbocycles. The van der Waals surface area contributed by atoms with Crippen LogP contribution in [-0.4, -0.2) is 39.5 Å². The van der Waals surface area contributed by atoms with E-state index in [2.05, 4.69) is 4.98 Å². The summed E-state index contributed by atoms with van der Waals surface area (Å²) in [5.41, 5.74) is 1.61. The minimum atomic E-state index is -0.851. The second kappa shape index (κ2) is 5.00. The number of aromatic amines is 1. The summed E-state index contributed by atoms with van der Waals surface area (Å²) in [7, 11) is 0. The van der Waals surface area contributed by atoms with Crippen molar-refractivity contribution >= 4 is 22.8 Å². The first-order valence-electron chi connectivity index (χ1n) is 6.75. The maximum Gasteiger partial charge on any atom is 0.305 e. The predicted octanol–water partition coefficient (Wildman–Crippen LogP) is 2.25. The molecule has 20 heavy (non-hydrogen) atoms. The normalized spacial score (nSPS) is 18.6. The summed E-state index contributed by atoms with van der Waals surface area (Å²) < 4.78 is 0. The van der Waals surface area contributed by atoms with Gasteiger partial charge in [-0.25, -0.2) is 0 Å². The number of H-pyrrole nitrogens is 1. The monoisotopic (exact) mass is 272 g/mol. The van der Waals surface area contributed by atoms with Crippen LogP contribution in [0, 0.1) is 0 Å². The van der Waals surface area contributed by atoms with Crippen LogP contribution in [0.4, 0.5) is 0 Å². The molecule has 0 saturated carbocycles. The number of nitrogens with zero attached hydrogens (tertiary/aromatic N) is 1. The van der Waals surface area contributed by atoms with Crippen molar-refractivity contribution in [3.63, 3.8) is 0 Å². The van der Waals surface area contributed by atoms with Crippen molar-refractivity contribution in [2.45, 2.75) is 25.3 Å². The van der Waals surface area contributed by atoms with Crippen LogP contribution in [0.3, 0.4) is 0 Å². The Morgan fingerprint density at radius 3 is 3.00 bits per heavy atom. The molecule has 1 saturated heterocycles. The van der Waals surface area contributed by atoms with Crippen molar-refractivity contribution in [1.29, 1.82) is 0 Å². The molecular weight excluding hydrogens is 256 g/mol. The molecule has 5 nitrogen and oxygen atoms in total. The molecule has 1 unspecified atom stereocenters. The lowest BCUT2D eigenvalue weighted by atomic mass is 10.1. The fourth-order valence-electron chi connectivity index (χ4n) is 2.87. The zero-order valence-corrected chi connectivity index (χ0v) is 11.0. The third kappa shape index (κ3) is 2.27. The SMILES string of the molecule is O=C(O)CC1CCCN1C(=O)c1ccc2[nH]ccc2c1. The minimum Gasteiger partial charge on any atom is -0.481 e. The van der Waals surface area contributed by atoms with Gasteiger partial charge in [0.2, 0.25) is 0 Å². The van der Waals surface area contributed by atoms with Gasteiger partial charge in [-0.1, -0.05) is 0 Å². The summed E-state index contributed by atoms with van der Waals surface area (Å²) in [5, 5.41) is 9.91. The van der Waals surface area contributed by atoms with Gasteiger partial charge < -0.3 is 15.0 Å². The van der Waals surface area contributed by atoms with Gasteiger partial charge in [0.1, 0.15) is 0 Å². The molecular formula is C15H16N2O3. The van der Waals surface area contributed by atoms with Crippen LogP contribution in [0.25, 0.3) is 10.9 Å². The molecule has 5 heteroatoms. The summed E-state index contributed by atoms with van der Waals surface area (Å²) >= 11 is 0. The molecule has 2 aromatic rings. The van der Waals surface area contributed by atoms with Crippen molar-refractivity contribution in [2.75, 3.05) is 6.54 Å². The fourth-order valence-corrected chi connectivity index (χ4v) is 2.87. The Kier molecular flexibility index (Phi) is 3.18. The number of hydrogen-bond donors (Lipinski definition) is 2. The molecule has 1 aromatic heterocycles. The number of hydrogen-bond acceptors (Lipinski definition) is 2. The number of carboxylic acid groups (broad SMARTS) is 1. The number of aromatic nitrogens is 1. The van der Waals surface area contributed by atoms with Crippen molar-refractivity contribution in [3.8, 4) is 0 Å². The zero-order chi connectivity index (χ0) is 14.1. The Hall–Kier alpha value is -2.30. The number of aliphatic carboxylic acids is 1. The molecule has 1 aliphatic heterocycles. The number of nitrogens with one attached hydrogen (secondary N) is 1. The van der Waals surface area contributed by atoms with E-state index in [0.717, 1.165) is 23.7 Å². The number of carbonyl (C=O) groups is 2. The molecule has 1 amide bonds. The number of carboxylic acids is 1. The summed E-state index contributed by atoms with van der Waals surface area (Å²) in [4.78, 5) is 28.2. The van der Waals surface area contributed by atoms with Crippen molar-refractivity contribution in [1.82, 2.24) is 9.88 Å². The average Bonchev–Trinajstić information content (AvgIpc) is 3.04. The average molecular weight is 272 g/mol. The van der Waals surface area contributed by atoms with Crippen LogP contribution < -0.4 is 0 Å². The third-order valence-electron chi connectivity index (χ3n) is 3.85. The van der Waals surface area contributed by atoms with Crippen molar-refractivity contribution < 1.29 is 14.7 Å². The van der Waals surface area contributed by atoms with Gasteiger partial charge in [0, 0.05) is 35.2 Å². The van der Waals surface area contributed by atoms with Crippen molar-refractivity contribution in [3.05, 3.63) is 36.0 Å². The molecule has 1 fully saturated rings. The van der Waals surface area contributed by atoms with Gasteiger partial charge in [-0.2, -0.15) is 0 Å². The smallest absolute Gasteiger partial charge is 0.305 e. The van der Waals surface area contributed by atoms with Gasteiger partial charge in [0.05, 0.1) is 6.42 Å². The molecule has 3 rings (SSSR count). The highest BCUT2D eigenvalue weighted by atomic mass is 16.4. The number of likely N-dealkylation sites (tertiary alicyclic amines) is 1. The van der Waals surface area contributed by atoms with Gasteiger partial charge in [-0.15, -0.1) is 0 Å². The van der Waals surface area contributed by atoms with E-state index in [4.69, 9.17) is 5.11 Å². The van der Waals surface area contributed by atoms with Crippen molar-refractivity contribution in [2.24, 2.45) is 0 Å². The largest absolute Gasteiger partial charge is 0.481 e. The van der Waals surface area contributed by atoms with E-state index >= 15 is 0 Å². The fraction of sp³-hybridized carbons (Fsp3) is 0.333. The zero-order valence-electron chi connectivity index (χ0n) is 11.0. The van der Waals surface area contributed by atoms with Crippen LogP contribution in [0.5, 0.6) is 0 Å². The summed E-state index contributed by atoms with van der Waals surface area (Å²) in [6.45, 7) is 0.641. The van der Waals surface area contributed by atoms with E-state index in [0.29, 0.717) is 12.1 Å². The molecule has 0 bridgehead atoms. The number of carbonyl (C=O) groups excluding carboxylic acids is 1. The first-order valence-corrected chi connectivity index (χ1v) is 6.75. The predicted molar refractivity (Wildman–Crippen MR) is 74.6 cm³/mol. The molecule has 1 aromatic carbocycles. The highest BCUT2D eigenvalue weighted by Gasteiger charge is 2.30. The molecule has 2 N–H and O–H groups in total. The molecule has 104 valence electrons. The summed E-state index contributed by atoms with van der Waals surface area (Å²) in [6, 6.07) is 7.26. The Balaban J connectivity index is 1.85. The Labute approximate surface area is 116 Å². The first kappa shape index (κ1) is 12.7. The minimum absolute atomic E-state index is 0.0259. The second-order valence-corrected chi connectivity index (χ2v) is 5.17. The number of rotatable bonds is 3. The van der Waals surface area contributed by atoms with E-state index < -0.39 is 5.97 Å². The van der Waals surface area contributed by atoms with E-state index in [1.54, 1.807) is 11.0 Å². The summed E-state index contributed by atoms with van der Waals surface area (Å²) in [5.74, 6) is -0.923. The topological polar surface area (TPSA) is 73.4 Å². The lowest BCUT2D eigenvalue weighted by molar-refractivity contribution is -0.137. The highest BCUT2D eigenvalue weighted by Crippen LogP contribution is 2.24. The molecule has 1 aliphatic rings. The molecule has 0 radical (unpaired) electrons. The maximum atomic E-state index is 12.5. The quantitative estimate of drug-likeness (QED) is 0.900. The lowest BCUT2D eigenvalue weighted by Gasteiger charge is -2.23. The standard InChI is InChI=1S/C15H16N2O3/c18-14(19)9-12-2-1-7-17(12)15(20)11-3-4-13-10(8-11)5-6-16-13/h3-6,8,12,16H,1-2,7,9H2,(H,18,19). The van der Waals surface area contributed by atoms with E-state index in [-0.39, 0.29) is 18.4 Å². The van der Waals surface area contributed by atoms with Gasteiger partial charge in [0.15, 0.2) is 0 Å². The van der Waals surface area contributed by atoms with Crippen LogP contribution in [0.15, 0.2) is 30.5 Å². The number of amides is 1. The van der Waals surface area contributed by atoms with E-state index in [1.165, 1.54) is 0 Å². The lowest BCUT2D eigenvalue weighted by Crippen LogP contribution is -2.36. The first-order chi connectivity index (χ1) is 9.65. The second-order valence-electron chi connectivity index (χ2n) is 5.17. The van der Waals surface area contributed by atoms with E-state index in [9.17, 15) is 9.59 Å². The molecule has 2 heterocycles. The van der Waals surface area contributed by atoms with Crippen LogP contribution >= 0.6 is 0 Å².